The number of nitrogen functional groups attached to an aromatic ring is 1. The quantitative estimate of drug-likeness (QED) is 0.860. The van der Waals surface area contributed by atoms with E-state index in [1.54, 1.807) is 24.4 Å². The molecule has 0 atom stereocenters. The van der Waals surface area contributed by atoms with Crippen LogP contribution in [0.15, 0.2) is 34.9 Å². The molecular formula is C14H15BrClN3O. The summed E-state index contributed by atoms with van der Waals surface area (Å²) in [6.07, 6.45) is 1.75. The molecule has 1 aromatic carbocycles. The Hall–Kier alpha value is -1.46. The summed E-state index contributed by atoms with van der Waals surface area (Å²) in [4.78, 5) is 12.3. The Balaban J connectivity index is 2.28. The number of carbonyl (C=O) groups excluding carboxylic acids is 1. The van der Waals surface area contributed by atoms with E-state index >= 15 is 0 Å². The molecule has 1 amide bonds. The maximum atomic E-state index is 12.3. The average Bonchev–Trinajstić information content (AvgIpc) is 2.75. The van der Waals surface area contributed by atoms with Gasteiger partial charge in [-0.05, 0) is 38.1 Å². The lowest BCUT2D eigenvalue weighted by atomic mass is 10.3. The maximum absolute atomic E-state index is 12.3. The molecule has 0 unspecified atom stereocenters. The van der Waals surface area contributed by atoms with Crippen molar-refractivity contribution in [2.45, 2.75) is 19.9 Å². The van der Waals surface area contributed by atoms with Gasteiger partial charge in [0.05, 0.1) is 16.4 Å². The molecule has 2 rings (SSSR count). The predicted octanol–water partition coefficient (Wildman–Crippen LogP) is 4.32. The number of aromatic nitrogens is 1. The molecule has 0 radical (unpaired) electrons. The fourth-order valence-electron chi connectivity index (χ4n) is 1.89. The lowest BCUT2D eigenvalue weighted by Crippen LogP contribution is -2.17. The minimum absolute atomic E-state index is 0.147. The Bertz CT molecular complexity index is 652. The largest absolute Gasteiger partial charge is 0.397 e. The van der Waals surface area contributed by atoms with Crippen LogP contribution in [-0.4, -0.2) is 10.5 Å². The van der Waals surface area contributed by atoms with E-state index in [1.165, 1.54) is 0 Å². The number of carbonyl (C=O) groups is 1. The van der Waals surface area contributed by atoms with Crippen LogP contribution >= 0.6 is 27.5 Å². The van der Waals surface area contributed by atoms with E-state index in [-0.39, 0.29) is 11.9 Å². The second kappa shape index (κ2) is 5.89. The van der Waals surface area contributed by atoms with Gasteiger partial charge in [0, 0.05) is 16.7 Å². The molecule has 0 aliphatic heterocycles. The smallest absolute Gasteiger partial charge is 0.272 e. The second-order valence-corrected chi connectivity index (χ2v) is 6.06. The van der Waals surface area contributed by atoms with Crippen molar-refractivity contribution < 1.29 is 4.79 Å². The maximum Gasteiger partial charge on any atom is 0.272 e. The van der Waals surface area contributed by atoms with Crippen molar-refractivity contribution in [1.82, 2.24) is 4.57 Å². The van der Waals surface area contributed by atoms with Crippen molar-refractivity contribution in [2.24, 2.45) is 0 Å². The number of halogens is 2. The first kappa shape index (κ1) is 14.9. The number of amides is 1. The molecule has 0 bridgehead atoms. The van der Waals surface area contributed by atoms with Crippen molar-refractivity contribution >= 4 is 44.8 Å². The molecule has 6 heteroatoms. The number of nitrogens with one attached hydrogen (secondary N) is 1. The Morgan fingerprint density at radius 2 is 2.10 bits per heavy atom. The first-order valence-electron chi connectivity index (χ1n) is 6.12. The van der Waals surface area contributed by atoms with E-state index in [4.69, 9.17) is 17.3 Å². The summed E-state index contributed by atoms with van der Waals surface area (Å²) in [5.74, 6) is -0.236. The number of hydrogen-bond acceptors (Lipinski definition) is 2. The van der Waals surface area contributed by atoms with Gasteiger partial charge in [0.25, 0.3) is 5.91 Å². The Labute approximate surface area is 131 Å². The van der Waals surface area contributed by atoms with Gasteiger partial charge in [-0.15, -0.1) is 0 Å². The number of anilines is 2. The highest BCUT2D eigenvalue weighted by Gasteiger charge is 2.16. The molecule has 0 aliphatic carbocycles. The SMILES string of the molecule is CC(C)n1cc(N)cc1C(=O)Nc1ccc(Br)cc1Cl. The van der Waals surface area contributed by atoms with Gasteiger partial charge >= 0.3 is 0 Å². The van der Waals surface area contributed by atoms with Crippen LogP contribution in [0.1, 0.15) is 30.4 Å². The summed E-state index contributed by atoms with van der Waals surface area (Å²) in [5.41, 5.74) is 7.40. The first-order chi connectivity index (χ1) is 9.38. The van der Waals surface area contributed by atoms with Crippen molar-refractivity contribution in [3.8, 4) is 0 Å². The highest BCUT2D eigenvalue weighted by molar-refractivity contribution is 9.10. The van der Waals surface area contributed by atoms with E-state index in [9.17, 15) is 4.79 Å². The summed E-state index contributed by atoms with van der Waals surface area (Å²) in [6, 6.07) is 7.09. The lowest BCUT2D eigenvalue weighted by Gasteiger charge is -2.13. The van der Waals surface area contributed by atoms with Crippen LogP contribution in [0, 0.1) is 0 Å². The fourth-order valence-corrected chi connectivity index (χ4v) is 2.61. The van der Waals surface area contributed by atoms with Crippen molar-refractivity contribution in [3.05, 3.63) is 45.7 Å². The van der Waals surface area contributed by atoms with Gasteiger partial charge in [-0.1, -0.05) is 27.5 Å². The topological polar surface area (TPSA) is 60.0 Å². The van der Waals surface area contributed by atoms with Gasteiger partial charge in [0.1, 0.15) is 5.69 Å². The lowest BCUT2D eigenvalue weighted by molar-refractivity contribution is 0.101. The molecule has 0 fully saturated rings. The van der Waals surface area contributed by atoms with E-state index in [0.29, 0.717) is 22.1 Å². The molecule has 1 aromatic heterocycles. The summed E-state index contributed by atoms with van der Waals surface area (Å²) in [7, 11) is 0. The van der Waals surface area contributed by atoms with Crippen molar-refractivity contribution in [3.63, 3.8) is 0 Å². The highest BCUT2D eigenvalue weighted by Crippen LogP contribution is 2.26. The Morgan fingerprint density at radius 1 is 1.40 bits per heavy atom. The summed E-state index contributed by atoms with van der Waals surface area (Å²) >= 11 is 9.42. The van der Waals surface area contributed by atoms with E-state index < -0.39 is 0 Å². The third-order valence-electron chi connectivity index (χ3n) is 2.84. The average molecular weight is 357 g/mol. The molecule has 20 heavy (non-hydrogen) atoms. The molecule has 1 heterocycles. The molecular weight excluding hydrogens is 342 g/mol. The van der Waals surface area contributed by atoms with Crippen LogP contribution in [-0.2, 0) is 0 Å². The van der Waals surface area contributed by atoms with Crippen molar-refractivity contribution in [1.29, 1.82) is 0 Å². The van der Waals surface area contributed by atoms with Crippen LogP contribution in [0.2, 0.25) is 5.02 Å². The van der Waals surface area contributed by atoms with Crippen LogP contribution in [0.3, 0.4) is 0 Å². The van der Waals surface area contributed by atoms with Crippen LogP contribution in [0.4, 0.5) is 11.4 Å². The minimum Gasteiger partial charge on any atom is -0.397 e. The van der Waals surface area contributed by atoms with Gasteiger partial charge in [0.15, 0.2) is 0 Å². The highest BCUT2D eigenvalue weighted by atomic mass is 79.9. The summed E-state index contributed by atoms with van der Waals surface area (Å²) < 4.78 is 2.69. The number of benzene rings is 1. The fraction of sp³-hybridized carbons (Fsp3) is 0.214. The zero-order valence-corrected chi connectivity index (χ0v) is 13.5. The monoisotopic (exact) mass is 355 g/mol. The zero-order valence-electron chi connectivity index (χ0n) is 11.2. The third-order valence-corrected chi connectivity index (χ3v) is 3.64. The summed E-state index contributed by atoms with van der Waals surface area (Å²) in [5, 5.41) is 3.27. The van der Waals surface area contributed by atoms with E-state index in [2.05, 4.69) is 21.2 Å². The van der Waals surface area contributed by atoms with Gasteiger partial charge in [0.2, 0.25) is 0 Å². The number of hydrogen-bond donors (Lipinski definition) is 2. The standard InChI is InChI=1S/C14H15BrClN3O/c1-8(2)19-7-10(17)6-13(19)14(20)18-12-4-3-9(15)5-11(12)16/h3-8H,17H2,1-2H3,(H,18,20). The molecule has 0 saturated carbocycles. The Morgan fingerprint density at radius 3 is 2.70 bits per heavy atom. The molecule has 3 N–H and O–H groups in total. The summed E-state index contributed by atoms with van der Waals surface area (Å²) in [6.45, 7) is 3.98. The van der Waals surface area contributed by atoms with Crippen LogP contribution in [0.25, 0.3) is 0 Å². The molecule has 4 nitrogen and oxygen atoms in total. The van der Waals surface area contributed by atoms with Crippen LogP contribution in [0.5, 0.6) is 0 Å². The van der Waals surface area contributed by atoms with Crippen molar-refractivity contribution in [2.75, 3.05) is 11.1 Å². The number of rotatable bonds is 3. The number of nitrogens with zero attached hydrogens (tertiary/aromatic N) is 1. The second-order valence-electron chi connectivity index (χ2n) is 4.74. The van der Waals surface area contributed by atoms with Gasteiger partial charge in [-0.25, -0.2) is 0 Å². The van der Waals surface area contributed by atoms with E-state index in [0.717, 1.165) is 4.47 Å². The van der Waals surface area contributed by atoms with Gasteiger partial charge in [-0.2, -0.15) is 0 Å². The van der Waals surface area contributed by atoms with Crippen LogP contribution < -0.4 is 11.1 Å². The van der Waals surface area contributed by atoms with Gasteiger partial charge < -0.3 is 15.6 Å². The van der Waals surface area contributed by atoms with Gasteiger partial charge in [-0.3, -0.25) is 4.79 Å². The molecule has 106 valence electrons. The minimum atomic E-state index is -0.236. The normalized spacial score (nSPS) is 10.8. The van der Waals surface area contributed by atoms with E-state index in [1.807, 2.05) is 24.5 Å². The third kappa shape index (κ3) is 3.16. The number of nitrogens with two attached hydrogens (primary N) is 1. The molecule has 0 saturated heterocycles. The molecule has 0 spiro atoms. The molecule has 0 aliphatic rings. The predicted molar refractivity (Wildman–Crippen MR) is 86.3 cm³/mol. The Kier molecular flexibility index (Phi) is 4.40. The zero-order chi connectivity index (χ0) is 14.9. The molecule has 2 aromatic rings. The first-order valence-corrected chi connectivity index (χ1v) is 7.29.